The zero-order valence-corrected chi connectivity index (χ0v) is 12.7. The number of nitro groups is 1. The zero-order chi connectivity index (χ0) is 15.2. The Morgan fingerprint density at radius 3 is 2.90 bits per heavy atom. The number of nitrogens with one attached hydrogen (secondary N) is 1. The van der Waals surface area contributed by atoms with Gasteiger partial charge in [0.05, 0.1) is 23.8 Å². The van der Waals surface area contributed by atoms with Crippen LogP contribution in [-0.4, -0.2) is 42.6 Å². The van der Waals surface area contributed by atoms with Crippen molar-refractivity contribution >= 4 is 11.4 Å². The van der Waals surface area contributed by atoms with Gasteiger partial charge in [-0.25, -0.2) is 0 Å². The van der Waals surface area contributed by atoms with Gasteiger partial charge in [0.2, 0.25) is 0 Å². The number of hydrogen-bond donors (Lipinski definition) is 1. The van der Waals surface area contributed by atoms with Gasteiger partial charge in [-0.05, 0) is 38.4 Å². The second-order valence-corrected chi connectivity index (χ2v) is 5.35. The summed E-state index contributed by atoms with van der Waals surface area (Å²) in [6, 6.07) is 5.11. The summed E-state index contributed by atoms with van der Waals surface area (Å²) in [6.07, 6.45) is 3.35. The number of nitrogens with zero attached hydrogens (tertiary/aromatic N) is 2. The van der Waals surface area contributed by atoms with Crippen LogP contribution in [0.25, 0.3) is 0 Å². The highest BCUT2D eigenvalue weighted by Gasteiger charge is 2.18. The third-order valence-corrected chi connectivity index (χ3v) is 4.02. The number of anilines is 1. The van der Waals surface area contributed by atoms with E-state index in [0.717, 1.165) is 38.2 Å². The molecule has 6 heteroatoms. The summed E-state index contributed by atoms with van der Waals surface area (Å²) in [7, 11) is 1.54. The summed E-state index contributed by atoms with van der Waals surface area (Å²) in [6.45, 7) is 5.51. The number of benzene rings is 1. The molecule has 1 saturated heterocycles. The standard InChI is InChI=1S/C15H23N3O3/c1-3-17-9-4-5-12(8-10-17)16-14-7-6-13(18(19)20)11-15(14)21-2/h6-7,11-12,16H,3-5,8-10H2,1-2H3. The topological polar surface area (TPSA) is 67.6 Å². The van der Waals surface area contributed by atoms with E-state index in [-0.39, 0.29) is 5.69 Å². The van der Waals surface area contributed by atoms with Crippen molar-refractivity contribution < 1.29 is 9.66 Å². The largest absolute Gasteiger partial charge is 0.494 e. The predicted molar refractivity (Wildman–Crippen MR) is 83.0 cm³/mol. The Bertz CT molecular complexity index is 493. The number of non-ortho nitro benzene ring substituents is 1. The minimum Gasteiger partial charge on any atom is -0.494 e. The average Bonchev–Trinajstić information content (AvgIpc) is 2.72. The average molecular weight is 293 g/mol. The number of hydrogen-bond acceptors (Lipinski definition) is 5. The molecule has 0 saturated carbocycles. The molecule has 0 aliphatic carbocycles. The van der Waals surface area contributed by atoms with Crippen molar-refractivity contribution in [3.05, 3.63) is 28.3 Å². The molecule has 1 aromatic carbocycles. The molecular weight excluding hydrogens is 270 g/mol. The Balaban J connectivity index is 2.06. The number of methoxy groups -OCH3 is 1. The summed E-state index contributed by atoms with van der Waals surface area (Å²) in [5.74, 6) is 0.529. The molecule has 1 aromatic rings. The van der Waals surface area contributed by atoms with Crippen LogP contribution < -0.4 is 10.1 Å². The summed E-state index contributed by atoms with van der Waals surface area (Å²) >= 11 is 0. The molecule has 0 bridgehead atoms. The monoisotopic (exact) mass is 293 g/mol. The molecule has 2 rings (SSSR count). The summed E-state index contributed by atoms with van der Waals surface area (Å²) in [4.78, 5) is 12.9. The SMILES string of the molecule is CCN1CCCC(Nc2ccc([N+](=O)[O-])cc2OC)CC1. The van der Waals surface area contributed by atoms with Gasteiger partial charge >= 0.3 is 0 Å². The fraction of sp³-hybridized carbons (Fsp3) is 0.600. The van der Waals surface area contributed by atoms with Crippen molar-refractivity contribution in [3.8, 4) is 5.75 Å². The molecule has 1 aliphatic rings. The first-order valence-electron chi connectivity index (χ1n) is 7.45. The molecule has 0 spiro atoms. The maximum Gasteiger partial charge on any atom is 0.273 e. The normalized spacial score (nSPS) is 19.8. The van der Waals surface area contributed by atoms with Crippen LogP contribution in [0.5, 0.6) is 5.75 Å². The quantitative estimate of drug-likeness (QED) is 0.668. The molecule has 1 N–H and O–H groups in total. The van der Waals surface area contributed by atoms with Gasteiger partial charge in [0.1, 0.15) is 5.75 Å². The van der Waals surface area contributed by atoms with Gasteiger partial charge in [-0.3, -0.25) is 10.1 Å². The summed E-state index contributed by atoms with van der Waals surface area (Å²) in [5.41, 5.74) is 0.883. The molecule has 0 amide bonds. The zero-order valence-electron chi connectivity index (χ0n) is 12.7. The lowest BCUT2D eigenvalue weighted by Crippen LogP contribution is -2.26. The van der Waals surface area contributed by atoms with Gasteiger partial charge in [-0.15, -0.1) is 0 Å². The maximum absolute atomic E-state index is 10.8. The van der Waals surface area contributed by atoms with E-state index in [0.29, 0.717) is 11.8 Å². The highest BCUT2D eigenvalue weighted by Crippen LogP contribution is 2.30. The van der Waals surface area contributed by atoms with E-state index in [9.17, 15) is 10.1 Å². The van der Waals surface area contributed by atoms with Crippen LogP contribution >= 0.6 is 0 Å². The fourth-order valence-corrected chi connectivity index (χ4v) is 2.75. The molecule has 6 nitrogen and oxygen atoms in total. The van der Waals surface area contributed by atoms with Gasteiger partial charge in [0.15, 0.2) is 0 Å². The first-order chi connectivity index (χ1) is 10.1. The van der Waals surface area contributed by atoms with Gasteiger partial charge in [0.25, 0.3) is 5.69 Å². The third-order valence-electron chi connectivity index (χ3n) is 4.02. The Morgan fingerprint density at radius 2 is 2.24 bits per heavy atom. The van der Waals surface area contributed by atoms with E-state index in [2.05, 4.69) is 17.1 Å². The second-order valence-electron chi connectivity index (χ2n) is 5.35. The molecule has 1 fully saturated rings. The van der Waals surface area contributed by atoms with Crippen molar-refractivity contribution in [3.63, 3.8) is 0 Å². The molecule has 116 valence electrons. The molecule has 0 aromatic heterocycles. The van der Waals surface area contributed by atoms with Gasteiger partial charge in [-0.2, -0.15) is 0 Å². The highest BCUT2D eigenvalue weighted by atomic mass is 16.6. The Hall–Kier alpha value is -1.82. The van der Waals surface area contributed by atoms with Crippen molar-refractivity contribution in [1.29, 1.82) is 0 Å². The van der Waals surface area contributed by atoms with Crippen LogP contribution in [0.3, 0.4) is 0 Å². The summed E-state index contributed by atoms with van der Waals surface area (Å²) in [5, 5.41) is 14.3. The molecule has 1 heterocycles. The van der Waals surface area contributed by atoms with Crippen LogP contribution in [0.1, 0.15) is 26.2 Å². The molecular formula is C15H23N3O3. The van der Waals surface area contributed by atoms with Crippen molar-refractivity contribution in [2.45, 2.75) is 32.2 Å². The third kappa shape index (κ3) is 4.07. The van der Waals surface area contributed by atoms with Crippen LogP contribution in [0.4, 0.5) is 11.4 Å². The van der Waals surface area contributed by atoms with Crippen molar-refractivity contribution in [2.75, 3.05) is 32.1 Å². The Kier molecular flexibility index (Phi) is 5.38. The van der Waals surface area contributed by atoms with E-state index in [4.69, 9.17) is 4.74 Å². The smallest absolute Gasteiger partial charge is 0.273 e. The Morgan fingerprint density at radius 1 is 1.43 bits per heavy atom. The van der Waals surface area contributed by atoms with Gasteiger partial charge < -0.3 is 15.0 Å². The molecule has 21 heavy (non-hydrogen) atoms. The molecule has 1 unspecified atom stereocenters. The first-order valence-corrected chi connectivity index (χ1v) is 7.45. The molecule has 1 atom stereocenters. The van der Waals surface area contributed by atoms with Crippen LogP contribution in [-0.2, 0) is 0 Å². The van der Waals surface area contributed by atoms with E-state index in [1.807, 2.05) is 0 Å². The lowest BCUT2D eigenvalue weighted by molar-refractivity contribution is -0.384. The highest BCUT2D eigenvalue weighted by molar-refractivity contribution is 5.61. The van der Waals surface area contributed by atoms with E-state index >= 15 is 0 Å². The van der Waals surface area contributed by atoms with E-state index in [1.165, 1.54) is 25.7 Å². The molecule has 1 aliphatic heterocycles. The fourth-order valence-electron chi connectivity index (χ4n) is 2.75. The minimum absolute atomic E-state index is 0.0513. The Labute approximate surface area is 125 Å². The van der Waals surface area contributed by atoms with E-state index in [1.54, 1.807) is 6.07 Å². The van der Waals surface area contributed by atoms with Crippen LogP contribution in [0.2, 0.25) is 0 Å². The van der Waals surface area contributed by atoms with E-state index < -0.39 is 4.92 Å². The number of rotatable bonds is 5. The predicted octanol–water partition coefficient (Wildman–Crippen LogP) is 2.89. The summed E-state index contributed by atoms with van der Waals surface area (Å²) < 4.78 is 5.27. The van der Waals surface area contributed by atoms with Gasteiger partial charge in [-0.1, -0.05) is 6.92 Å². The van der Waals surface area contributed by atoms with Crippen molar-refractivity contribution in [1.82, 2.24) is 4.90 Å². The maximum atomic E-state index is 10.8. The second kappa shape index (κ2) is 7.26. The lowest BCUT2D eigenvalue weighted by Gasteiger charge is -2.20. The van der Waals surface area contributed by atoms with Crippen LogP contribution in [0.15, 0.2) is 18.2 Å². The minimum atomic E-state index is -0.406. The van der Waals surface area contributed by atoms with Crippen LogP contribution in [0, 0.1) is 10.1 Å². The number of nitro benzene ring substituents is 1. The van der Waals surface area contributed by atoms with Gasteiger partial charge in [0, 0.05) is 18.7 Å². The first kappa shape index (κ1) is 15.6. The number of likely N-dealkylation sites (tertiary alicyclic amines) is 1. The lowest BCUT2D eigenvalue weighted by atomic mass is 10.1. The van der Waals surface area contributed by atoms with Crippen molar-refractivity contribution in [2.24, 2.45) is 0 Å². The molecule has 0 radical (unpaired) electrons. The number of ether oxygens (including phenoxy) is 1.